The van der Waals surface area contributed by atoms with Crippen molar-refractivity contribution in [1.82, 2.24) is 9.13 Å². The molecule has 3 aromatic carbocycles. The molecule has 1 aliphatic rings. The summed E-state index contributed by atoms with van der Waals surface area (Å²) >= 11 is 1.25. The SMILES string of the molecule is CCOC(=O)C1=C(c2ccccc2)N=c2s/c(=C\c3cc(C)n(-c4cccc(C(=O)O)c4)c3C)c(=O)n2[C@@H]1c1ccc(OCC)cc1. The van der Waals surface area contributed by atoms with Crippen LogP contribution in [0.3, 0.4) is 0 Å². The smallest absolute Gasteiger partial charge is 0.338 e. The summed E-state index contributed by atoms with van der Waals surface area (Å²) in [5, 5.41) is 9.52. The van der Waals surface area contributed by atoms with Crippen molar-refractivity contribution in [3.05, 3.63) is 144 Å². The Morgan fingerprint density at radius 3 is 2.38 bits per heavy atom. The molecule has 47 heavy (non-hydrogen) atoms. The molecule has 3 heterocycles. The fraction of sp³-hybridized carbons (Fsp3) is 0.189. The van der Waals surface area contributed by atoms with E-state index in [1.807, 2.05) is 98.1 Å². The zero-order chi connectivity index (χ0) is 33.2. The predicted molar refractivity (Wildman–Crippen MR) is 181 cm³/mol. The lowest BCUT2D eigenvalue weighted by Crippen LogP contribution is -2.40. The molecule has 0 spiro atoms. The van der Waals surface area contributed by atoms with E-state index < -0.39 is 18.0 Å². The standard InChI is InChI=1S/C37H33N3O6S/c1-5-45-29-17-15-25(16-18-29)33-31(36(44)46-6-2)32(24-11-8-7-9-12-24)38-37-40(33)34(41)30(47-37)21-27-19-22(3)39(23(27)4)28-14-10-13-26(20-28)35(42)43/h7-21,33H,5-6H2,1-4H3,(H,42,43)/b30-21-/t33-/m1/s1. The number of nitrogens with zero attached hydrogens (tertiary/aromatic N) is 3. The number of esters is 1. The molecule has 0 fully saturated rings. The average molecular weight is 648 g/mol. The molecular weight excluding hydrogens is 614 g/mol. The third kappa shape index (κ3) is 5.95. The van der Waals surface area contributed by atoms with Gasteiger partial charge in [0.25, 0.3) is 5.56 Å². The highest BCUT2D eigenvalue weighted by Gasteiger charge is 2.35. The molecule has 0 saturated carbocycles. The Morgan fingerprint density at radius 2 is 1.70 bits per heavy atom. The third-order valence-corrected chi connectivity index (χ3v) is 8.97. The molecule has 2 aromatic heterocycles. The number of fused-ring (bicyclic) bond motifs is 1. The zero-order valence-electron chi connectivity index (χ0n) is 26.4. The Kier molecular flexibility index (Phi) is 8.78. The molecule has 1 N–H and O–H groups in total. The van der Waals surface area contributed by atoms with Crippen molar-refractivity contribution in [1.29, 1.82) is 0 Å². The van der Waals surface area contributed by atoms with E-state index in [9.17, 15) is 19.5 Å². The van der Waals surface area contributed by atoms with Gasteiger partial charge in [-0.05, 0) is 81.3 Å². The summed E-state index contributed by atoms with van der Waals surface area (Å²) in [5.41, 5.74) is 5.31. The molecule has 10 heteroatoms. The van der Waals surface area contributed by atoms with E-state index in [4.69, 9.17) is 14.5 Å². The number of benzene rings is 3. The van der Waals surface area contributed by atoms with Crippen LogP contribution in [-0.2, 0) is 9.53 Å². The summed E-state index contributed by atoms with van der Waals surface area (Å²) in [6.07, 6.45) is 1.83. The summed E-state index contributed by atoms with van der Waals surface area (Å²) in [6.45, 7) is 8.18. The number of rotatable bonds is 9. The first-order chi connectivity index (χ1) is 22.7. The molecule has 1 aliphatic heterocycles. The van der Waals surface area contributed by atoms with E-state index in [1.54, 1.807) is 29.7 Å². The van der Waals surface area contributed by atoms with Crippen LogP contribution in [0.25, 0.3) is 17.5 Å². The maximum absolute atomic E-state index is 14.3. The quantitative estimate of drug-likeness (QED) is 0.213. The van der Waals surface area contributed by atoms with Crippen LogP contribution in [-0.4, -0.2) is 39.4 Å². The number of carboxylic acids is 1. The van der Waals surface area contributed by atoms with Gasteiger partial charge in [0.2, 0.25) is 0 Å². The van der Waals surface area contributed by atoms with Gasteiger partial charge in [-0.2, -0.15) is 0 Å². The largest absolute Gasteiger partial charge is 0.494 e. The first kappa shape index (κ1) is 31.5. The molecule has 0 unspecified atom stereocenters. The van der Waals surface area contributed by atoms with Gasteiger partial charge in [-0.25, -0.2) is 14.6 Å². The molecule has 0 amide bonds. The van der Waals surface area contributed by atoms with Gasteiger partial charge >= 0.3 is 11.9 Å². The van der Waals surface area contributed by atoms with Gasteiger partial charge in [0.05, 0.1) is 40.6 Å². The van der Waals surface area contributed by atoms with Gasteiger partial charge in [-0.15, -0.1) is 0 Å². The normalized spacial score (nSPS) is 14.5. The monoisotopic (exact) mass is 647 g/mol. The number of hydrogen-bond donors (Lipinski definition) is 1. The summed E-state index contributed by atoms with van der Waals surface area (Å²) < 4.78 is 15.2. The minimum absolute atomic E-state index is 0.163. The maximum atomic E-state index is 14.3. The molecular formula is C37H33N3O6S. The zero-order valence-corrected chi connectivity index (χ0v) is 27.2. The first-order valence-corrected chi connectivity index (χ1v) is 16.1. The molecule has 0 radical (unpaired) electrons. The number of carbonyl (C=O) groups excluding carboxylic acids is 1. The van der Waals surface area contributed by atoms with Gasteiger partial charge < -0.3 is 19.1 Å². The lowest BCUT2D eigenvalue weighted by Gasteiger charge is -2.26. The predicted octanol–water partition coefficient (Wildman–Crippen LogP) is 5.44. The van der Waals surface area contributed by atoms with Crippen molar-refractivity contribution < 1.29 is 24.2 Å². The Bertz CT molecular complexity index is 2210. The van der Waals surface area contributed by atoms with E-state index in [0.29, 0.717) is 38.6 Å². The molecule has 9 nitrogen and oxygen atoms in total. The number of hydrogen-bond acceptors (Lipinski definition) is 7. The first-order valence-electron chi connectivity index (χ1n) is 15.3. The van der Waals surface area contributed by atoms with Gasteiger partial charge in [-0.1, -0.05) is 59.9 Å². The van der Waals surface area contributed by atoms with Crippen LogP contribution < -0.4 is 19.6 Å². The molecule has 1 atom stereocenters. The molecule has 0 bridgehead atoms. The second kappa shape index (κ2) is 13.1. The topological polar surface area (TPSA) is 112 Å². The molecule has 0 aliphatic carbocycles. The van der Waals surface area contributed by atoms with Gasteiger partial charge in [0.1, 0.15) is 5.75 Å². The molecule has 6 rings (SSSR count). The third-order valence-electron chi connectivity index (χ3n) is 7.99. The number of thiazole rings is 1. The molecule has 238 valence electrons. The Balaban J connectivity index is 1.57. The molecule has 5 aromatic rings. The second-order valence-electron chi connectivity index (χ2n) is 11.0. The minimum atomic E-state index is -1.00. The number of aromatic nitrogens is 2. The van der Waals surface area contributed by atoms with Crippen molar-refractivity contribution in [2.45, 2.75) is 33.7 Å². The minimum Gasteiger partial charge on any atom is -0.494 e. The van der Waals surface area contributed by atoms with E-state index in [1.165, 1.54) is 11.3 Å². The molecule has 0 saturated heterocycles. The van der Waals surface area contributed by atoms with E-state index in [-0.39, 0.29) is 23.3 Å². The maximum Gasteiger partial charge on any atom is 0.338 e. The summed E-state index contributed by atoms with van der Waals surface area (Å²) in [6, 6.07) is 24.7. The van der Waals surface area contributed by atoms with Gasteiger partial charge in [0, 0.05) is 22.6 Å². The average Bonchev–Trinajstić information content (AvgIpc) is 3.54. The highest BCUT2D eigenvalue weighted by atomic mass is 32.1. The van der Waals surface area contributed by atoms with E-state index >= 15 is 0 Å². The van der Waals surface area contributed by atoms with Crippen molar-refractivity contribution in [3.63, 3.8) is 0 Å². The van der Waals surface area contributed by atoms with Crippen LogP contribution in [0.5, 0.6) is 5.75 Å². The summed E-state index contributed by atoms with van der Waals surface area (Å²) in [4.78, 5) is 45.1. The van der Waals surface area contributed by atoms with Crippen LogP contribution in [0.15, 0.2) is 100 Å². The van der Waals surface area contributed by atoms with Crippen molar-refractivity contribution in [2.24, 2.45) is 4.99 Å². The number of ether oxygens (including phenoxy) is 2. The van der Waals surface area contributed by atoms with Gasteiger partial charge in [-0.3, -0.25) is 9.36 Å². The fourth-order valence-electron chi connectivity index (χ4n) is 5.92. The highest BCUT2D eigenvalue weighted by Crippen LogP contribution is 2.35. The fourth-order valence-corrected chi connectivity index (χ4v) is 6.91. The lowest BCUT2D eigenvalue weighted by atomic mass is 9.93. The van der Waals surface area contributed by atoms with Crippen LogP contribution in [0, 0.1) is 13.8 Å². The highest BCUT2D eigenvalue weighted by molar-refractivity contribution is 7.07. The number of aryl methyl sites for hydroxylation is 1. The number of carboxylic acid groups (broad SMARTS) is 1. The van der Waals surface area contributed by atoms with Crippen LogP contribution >= 0.6 is 11.3 Å². The Labute approximate surface area is 275 Å². The lowest BCUT2D eigenvalue weighted by molar-refractivity contribution is -0.138. The van der Waals surface area contributed by atoms with Crippen LogP contribution in [0.4, 0.5) is 0 Å². The van der Waals surface area contributed by atoms with Crippen molar-refractivity contribution >= 4 is 35.0 Å². The summed E-state index contributed by atoms with van der Waals surface area (Å²) in [5.74, 6) is -0.872. The Hall–Kier alpha value is -5.48. The number of carbonyl (C=O) groups is 2. The van der Waals surface area contributed by atoms with Crippen LogP contribution in [0.1, 0.15) is 58.3 Å². The van der Waals surface area contributed by atoms with E-state index in [0.717, 1.165) is 22.5 Å². The Morgan fingerprint density at radius 1 is 0.957 bits per heavy atom. The van der Waals surface area contributed by atoms with Crippen molar-refractivity contribution in [2.75, 3.05) is 13.2 Å². The number of aromatic carboxylic acids is 1. The second-order valence-corrected chi connectivity index (χ2v) is 12.0. The van der Waals surface area contributed by atoms with Gasteiger partial charge in [0.15, 0.2) is 4.80 Å². The van der Waals surface area contributed by atoms with E-state index in [2.05, 4.69) is 0 Å². The summed E-state index contributed by atoms with van der Waals surface area (Å²) in [7, 11) is 0. The van der Waals surface area contributed by atoms with Crippen molar-refractivity contribution in [3.8, 4) is 11.4 Å². The van der Waals surface area contributed by atoms with Crippen LogP contribution in [0.2, 0.25) is 0 Å².